The Morgan fingerprint density at radius 3 is 2.68 bits per heavy atom. The van der Waals surface area contributed by atoms with Gasteiger partial charge in [0.25, 0.3) is 5.89 Å². The van der Waals surface area contributed by atoms with Crippen LogP contribution in [0.25, 0.3) is 11.5 Å². The first-order chi connectivity index (χ1) is 9.06. The zero-order valence-electron chi connectivity index (χ0n) is 10.8. The zero-order chi connectivity index (χ0) is 13.9. The molecule has 0 saturated heterocycles. The molecule has 0 aliphatic heterocycles. The van der Waals surface area contributed by atoms with Crippen molar-refractivity contribution in [2.45, 2.75) is 12.5 Å². The Balaban J connectivity index is 2.28. The average molecular weight is 258 g/mol. The molecular formula is C13H14N4O2. The number of rotatable bonds is 4. The maximum absolute atomic E-state index is 8.74. The molecule has 0 bridgehead atoms. The van der Waals surface area contributed by atoms with Gasteiger partial charge in [0.05, 0.1) is 18.2 Å². The molecule has 2 N–H and O–H groups in total. The van der Waals surface area contributed by atoms with Gasteiger partial charge < -0.3 is 15.0 Å². The van der Waals surface area contributed by atoms with Crippen LogP contribution in [0.5, 0.6) is 0 Å². The van der Waals surface area contributed by atoms with Crippen LogP contribution in [0.3, 0.4) is 0 Å². The Morgan fingerprint density at radius 2 is 2.11 bits per heavy atom. The minimum atomic E-state index is -0.802. The maximum Gasteiger partial charge on any atom is 0.257 e. The van der Waals surface area contributed by atoms with Crippen LogP contribution >= 0.6 is 0 Å². The van der Waals surface area contributed by atoms with E-state index in [0.29, 0.717) is 23.9 Å². The standard InChI is InChI=1S/C13H14N4O2/c1-13(15,8-18-2)12-16-11(19-17-12)10-5-3-9(7-14)4-6-10/h3-6H,8,15H2,1-2H3. The monoisotopic (exact) mass is 258 g/mol. The van der Waals surface area contributed by atoms with E-state index >= 15 is 0 Å². The minimum absolute atomic E-state index is 0.291. The fourth-order valence-electron chi connectivity index (χ4n) is 1.62. The predicted molar refractivity (Wildman–Crippen MR) is 67.9 cm³/mol. The summed E-state index contributed by atoms with van der Waals surface area (Å²) in [5.74, 6) is 0.751. The summed E-state index contributed by atoms with van der Waals surface area (Å²) < 4.78 is 10.2. The largest absolute Gasteiger partial charge is 0.382 e. The van der Waals surface area contributed by atoms with Gasteiger partial charge in [-0.25, -0.2) is 0 Å². The zero-order valence-corrected chi connectivity index (χ0v) is 10.8. The lowest BCUT2D eigenvalue weighted by Crippen LogP contribution is -2.38. The van der Waals surface area contributed by atoms with Crippen LogP contribution in [-0.4, -0.2) is 23.9 Å². The van der Waals surface area contributed by atoms with Crippen molar-refractivity contribution in [3.8, 4) is 17.5 Å². The van der Waals surface area contributed by atoms with Gasteiger partial charge in [-0.3, -0.25) is 0 Å². The summed E-state index contributed by atoms with van der Waals surface area (Å²) in [6.45, 7) is 2.06. The highest BCUT2D eigenvalue weighted by molar-refractivity contribution is 5.54. The van der Waals surface area contributed by atoms with Crippen molar-refractivity contribution in [3.63, 3.8) is 0 Å². The normalized spacial score (nSPS) is 13.8. The second-order valence-electron chi connectivity index (χ2n) is 4.46. The van der Waals surface area contributed by atoms with Gasteiger partial charge in [0.15, 0.2) is 5.82 Å². The summed E-state index contributed by atoms with van der Waals surface area (Å²) in [5, 5.41) is 12.6. The number of methoxy groups -OCH3 is 1. The van der Waals surface area contributed by atoms with E-state index in [1.165, 1.54) is 0 Å². The summed E-state index contributed by atoms with van der Waals surface area (Å²) >= 11 is 0. The fraction of sp³-hybridized carbons (Fsp3) is 0.308. The number of hydrogen-bond donors (Lipinski definition) is 1. The third-order valence-corrected chi connectivity index (χ3v) is 2.64. The highest BCUT2D eigenvalue weighted by atomic mass is 16.5. The summed E-state index contributed by atoms with van der Waals surface area (Å²) in [5.41, 5.74) is 6.55. The molecule has 0 aliphatic rings. The van der Waals surface area contributed by atoms with Gasteiger partial charge in [0.1, 0.15) is 5.54 Å². The molecule has 98 valence electrons. The van der Waals surface area contributed by atoms with Crippen LogP contribution in [0.15, 0.2) is 28.8 Å². The van der Waals surface area contributed by atoms with Crippen molar-refractivity contribution in [1.29, 1.82) is 5.26 Å². The molecule has 2 aromatic rings. The van der Waals surface area contributed by atoms with Gasteiger partial charge in [-0.05, 0) is 31.2 Å². The van der Waals surface area contributed by atoms with Crippen molar-refractivity contribution in [1.82, 2.24) is 10.1 Å². The Kier molecular flexibility index (Phi) is 3.60. The van der Waals surface area contributed by atoms with Gasteiger partial charge >= 0.3 is 0 Å². The highest BCUT2D eigenvalue weighted by Crippen LogP contribution is 2.21. The number of ether oxygens (including phenoxy) is 1. The van der Waals surface area contributed by atoms with Crippen LogP contribution in [-0.2, 0) is 10.3 Å². The Bertz CT molecular complexity index is 596. The molecule has 6 nitrogen and oxygen atoms in total. The Morgan fingerprint density at radius 1 is 1.42 bits per heavy atom. The van der Waals surface area contributed by atoms with Crippen molar-refractivity contribution in [3.05, 3.63) is 35.7 Å². The molecule has 0 spiro atoms. The first-order valence-corrected chi connectivity index (χ1v) is 5.69. The van der Waals surface area contributed by atoms with E-state index in [-0.39, 0.29) is 0 Å². The lowest BCUT2D eigenvalue weighted by molar-refractivity contribution is 0.135. The number of hydrogen-bond acceptors (Lipinski definition) is 6. The second-order valence-corrected chi connectivity index (χ2v) is 4.46. The van der Waals surface area contributed by atoms with Crippen LogP contribution in [0, 0.1) is 11.3 Å². The number of aromatic nitrogens is 2. The van der Waals surface area contributed by atoms with E-state index in [0.717, 1.165) is 5.56 Å². The molecule has 0 fully saturated rings. The van der Waals surface area contributed by atoms with Crippen LogP contribution < -0.4 is 5.73 Å². The molecule has 0 aliphatic carbocycles. The van der Waals surface area contributed by atoms with Gasteiger partial charge in [0, 0.05) is 12.7 Å². The molecule has 1 heterocycles. The predicted octanol–water partition coefficient (Wildman–Crippen LogP) is 1.43. The molecule has 0 radical (unpaired) electrons. The average Bonchev–Trinajstić information content (AvgIpc) is 2.89. The third kappa shape index (κ3) is 2.78. The molecule has 6 heteroatoms. The number of benzene rings is 1. The summed E-state index contributed by atoms with van der Waals surface area (Å²) in [7, 11) is 1.56. The van der Waals surface area contributed by atoms with E-state index in [1.807, 2.05) is 6.07 Å². The molecule has 1 unspecified atom stereocenters. The van der Waals surface area contributed by atoms with Crippen molar-refractivity contribution in [2.75, 3.05) is 13.7 Å². The van der Waals surface area contributed by atoms with E-state index in [2.05, 4.69) is 10.1 Å². The number of nitrogens with zero attached hydrogens (tertiary/aromatic N) is 3. The molecule has 1 atom stereocenters. The summed E-state index contributed by atoms with van der Waals surface area (Å²) in [6.07, 6.45) is 0. The van der Waals surface area contributed by atoms with E-state index in [4.69, 9.17) is 20.3 Å². The topological polar surface area (TPSA) is 98.0 Å². The molecule has 0 saturated carbocycles. The molecular weight excluding hydrogens is 244 g/mol. The summed E-state index contributed by atoms with van der Waals surface area (Å²) in [4.78, 5) is 4.26. The van der Waals surface area contributed by atoms with Gasteiger partial charge in [-0.2, -0.15) is 10.2 Å². The molecule has 2 rings (SSSR count). The van der Waals surface area contributed by atoms with Crippen molar-refractivity contribution in [2.24, 2.45) is 5.73 Å². The lowest BCUT2D eigenvalue weighted by Gasteiger charge is -2.18. The maximum atomic E-state index is 8.74. The SMILES string of the molecule is COCC(C)(N)c1noc(-c2ccc(C#N)cc2)n1. The van der Waals surface area contributed by atoms with Gasteiger partial charge in [0.2, 0.25) is 0 Å². The van der Waals surface area contributed by atoms with E-state index in [1.54, 1.807) is 38.3 Å². The Hall–Kier alpha value is -2.23. The first kappa shape index (κ1) is 13.2. The highest BCUT2D eigenvalue weighted by Gasteiger charge is 2.27. The van der Waals surface area contributed by atoms with Crippen LogP contribution in [0.4, 0.5) is 0 Å². The lowest BCUT2D eigenvalue weighted by atomic mass is 10.1. The van der Waals surface area contributed by atoms with Gasteiger partial charge in [-0.1, -0.05) is 5.16 Å². The molecule has 1 aromatic heterocycles. The fourth-order valence-corrected chi connectivity index (χ4v) is 1.62. The van der Waals surface area contributed by atoms with Crippen LogP contribution in [0.1, 0.15) is 18.3 Å². The summed E-state index contributed by atoms with van der Waals surface area (Å²) in [6, 6.07) is 8.93. The van der Waals surface area contributed by atoms with E-state index < -0.39 is 5.54 Å². The molecule has 19 heavy (non-hydrogen) atoms. The third-order valence-electron chi connectivity index (χ3n) is 2.64. The molecule has 0 amide bonds. The van der Waals surface area contributed by atoms with Crippen LogP contribution in [0.2, 0.25) is 0 Å². The second kappa shape index (κ2) is 5.18. The quantitative estimate of drug-likeness (QED) is 0.890. The first-order valence-electron chi connectivity index (χ1n) is 5.69. The van der Waals surface area contributed by atoms with Gasteiger partial charge in [-0.15, -0.1) is 0 Å². The smallest absolute Gasteiger partial charge is 0.257 e. The molecule has 1 aromatic carbocycles. The Labute approximate surface area is 110 Å². The van der Waals surface area contributed by atoms with Crippen molar-refractivity contribution < 1.29 is 9.26 Å². The van der Waals surface area contributed by atoms with Crippen molar-refractivity contribution >= 4 is 0 Å². The number of nitrogens with two attached hydrogens (primary N) is 1. The minimum Gasteiger partial charge on any atom is -0.382 e. The van der Waals surface area contributed by atoms with E-state index in [9.17, 15) is 0 Å². The number of nitriles is 1.